The minimum atomic E-state index is -1.05. The fourth-order valence-electron chi connectivity index (χ4n) is 1.28. The van der Waals surface area contributed by atoms with Crippen LogP contribution in [0.15, 0.2) is 21.5 Å². The number of halogens is 2. The molecular weight excluding hydrogens is 287 g/mol. The van der Waals surface area contributed by atoms with Crippen molar-refractivity contribution in [2.24, 2.45) is 15.9 Å². The van der Waals surface area contributed by atoms with Crippen LogP contribution in [-0.2, 0) is 0 Å². The van der Waals surface area contributed by atoms with Crippen LogP contribution in [0.4, 0.5) is 0 Å². The predicted molar refractivity (Wildman–Crippen MR) is 75.5 cm³/mol. The Morgan fingerprint density at radius 1 is 1.47 bits per heavy atom. The highest BCUT2D eigenvalue weighted by Gasteiger charge is 2.27. The number of hydrogen-bond acceptors (Lipinski definition) is 5. The van der Waals surface area contributed by atoms with Crippen molar-refractivity contribution in [3.63, 3.8) is 0 Å². The second kappa shape index (κ2) is 7.44. The lowest BCUT2D eigenvalue weighted by molar-refractivity contribution is 0.278. The Bertz CT molecular complexity index is 395. The second-order valence-corrected chi connectivity index (χ2v) is 3.53. The van der Waals surface area contributed by atoms with Gasteiger partial charge >= 0.3 is 0 Å². The summed E-state index contributed by atoms with van der Waals surface area (Å²) >= 11 is 4.66. The van der Waals surface area contributed by atoms with E-state index in [1.807, 2.05) is 0 Å². The maximum Gasteiger partial charge on any atom is 0.168 e. The number of thiocarbonyl (C=S) groups is 1. The molecular formula is C8H14Cl2N4O2S. The van der Waals surface area contributed by atoms with E-state index in [-0.39, 0.29) is 35.6 Å². The van der Waals surface area contributed by atoms with Crippen LogP contribution in [0.1, 0.15) is 13.8 Å². The van der Waals surface area contributed by atoms with Crippen LogP contribution in [0.2, 0.25) is 0 Å². The Balaban J connectivity index is 0. The highest BCUT2D eigenvalue weighted by atomic mass is 35.5. The van der Waals surface area contributed by atoms with Gasteiger partial charge in [0.1, 0.15) is 11.8 Å². The smallest absolute Gasteiger partial charge is 0.168 e. The van der Waals surface area contributed by atoms with Crippen LogP contribution in [0.5, 0.6) is 0 Å². The lowest BCUT2D eigenvalue weighted by Crippen LogP contribution is -2.41. The van der Waals surface area contributed by atoms with Gasteiger partial charge in [-0.2, -0.15) is 0 Å². The molecule has 0 saturated heterocycles. The molecule has 0 aliphatic carbocycles. The van der Waals surface area contributed by atoms with Crippen molar-refractivity contribution >= 4 is 53.6 Å². The molecule has 1 atom stereocenters. The molecule has 0 aromatic rings. The molecule has 0 saturated carbocycles. The Morgan fingerprint density at radius 3 is 2.41 bits per heavy atom. The van der Waals surface area contributed by atoms with Gasteiger partial charge in [0, 0.05) is 0 Å². The van der Waals surface area contributed by atoms with E-state index in [2.05, 4.69) is 27.7 Å². The molecule has 0 bridgehead atoms. The number of rotatable bonds is 1. The van der Waals surface area contributed by atoms with Gasteiger partial charge < -0.3 is 21.4 Å². The molecule has 9 heteroatoms. The maximum absolute atomic E-state index is 9.66. The van der Waals surface area contributed by atoms with Gasteiger partial charge in [-0.1, -0.05) is 5.16 Å². The number of aliphatic hydroxyl groups excluding tert-OH is 1. The van der Waals surface area contributed by atoms with Gasteiger partial charge in [0.2, 0.25) is 0 Å². The van der Waals surface area contributed by atoms with Crippen LogP contribution in [0, 0.1) is 0 Å². The molecule has 1 unspecified atom stereocenters. The van der Waals surface area contributed by atoms with Crippen molar-refractivity contribution in [2.75, 3.05) is 0 Å². The van der Waals surface area contributed by atoms with Crippen LogP contribution in [-0.4, -0.2) is 33.0 Å². The third-order valence-corrected chi connectivity index (χ3v) is 2.07. The highest BCUT2D eigenvalue weighted by Crippen LogP contribution is 2.15. The van der Waals surface area contributed by atoms with Crippen molar-refractivity contribution < 1.29 is 10.3 Å². The van der Waals surface area contributed by atoms with E-state index in [0.717, 1.165) is 0 Å². The zero-order chi connectivity index (χ0) is 11.6. The Morgan fingerprint density at radius 2 is 2.00 bits per heavy atom. The molecule has 1 aliphatic rings. The molecule has 0 fully saturated rings. The number of nitrogens with two attached hydrogens (primary N) is 1. The fourth-order valence-corrected chi connectivity index (χ4v) is 1.39. The first-order valence-electron chi connectivity index (χ1n) is 4.20. The van der Waals surface area contributed by atoms with Gasteiger partial charge in [0.25, 0.3) is 0 Å². The average Bonchev–Trinajstić information content (AvgIpc) is 2.14. The van der Waals surface area contributed by atoms with E-state index in [4.69, 9.17) is 10.9 Å². The number of hydrogen-bond donors (Lipinski definition) is 4. The van der Waals surface area contributed by atoms with Crippen LogP contribution in [0.25, 0.3) is 0 Å². The lowest BCUT2D eigenvalue weighted by Gasteiger charge is -2.21. The van der Waals surface area contributed by atoms with Crippen molar-refractivity contribution in [3.05, 3.63) is 11.4 Å². The number of aliphatic imine (C=N–C) groups is 1. The van der Waals surface area contributed by atoms with E-state index in [0.29, 0.717) is 17.1 Å². The maximum atomic E-state index is 9.66. The van der Waals surface area contributed by atoms with Gasteiger partial charge in [-0.05, 0) is 26.1 Å². The van der Waals surface area contributed by atoms with Crippen LogP contribution in [0.3, 0.4) is 0 Å². The third kappa shape index (κ3) is 4.12. The van der Waals surface area contributed by atoms with Crippen LogP contribution < -0.4 is 11.1 Å². The van der Waals surface area contributed by atoms with Gasteiger partial charge in [0.15, 0.2) is 5.11 Å². The first kappa shape index (κ1) is 18.5. The second-order valence-electron chi connectivity index (χ2n) is 3.09. The quantitative estimate of drug-likeness (QED) is 0.322. The monoisotopic (exact) mass is 300 g/mol. The van der Waals surface area contributed by atoms with E-state index in [1.54, 1.807) is 13.8 Å². The minimum Gasteiger partial charge on any atom is -0.410 e. The summed E-state index contributed by atoms with van der Waals surface area (Å²) in [4.78, 5) is 4.07. The van der Waals surface area contributed by atoms with Crippen LogP contribution >= 0.6 is 37.0 Å². The lowest BCUT2D eigenvalue weighted by atomic mass is 10.0. The molecule has 1 aliphatic heterocycles. The number of nitrogens with zero attached hydrogens (tertiary/aromatic N) is 2. The Labute approximate surface area is 116 Å². The van der Waals surface area contributed by atoms with Crippen molar-refractivity contribution in [2.45, 2.75) is 20.0 Å². The Hall–Kier alpha value is -0.890. The molecule has 0 aromatic carbocycles. The summed E-state index contributed by atoms with van der Waals surface area (Å²) in [6.07, 6.45) is -1.05. The Kier molecular flexibility index (Phi) is 8.08. The van der Waals surface area contributed by atoms with Crippen molar-refractivity contribution in [1.82, 2.24) is 5.32 Å². The zero-order valence-corrected chi connectivity index (χ0v) is 11.6. The number of nitrogens with one attached hydrogen (secondary N) is 1. The minimum absolute atomic E-state index is 0. The summed E-state index contributed by atoms with van der Waals surface area (Å²) in [7, 11) is 0. The van der Waals surface area contributed by atoms with Gasteiger partial charge in [-0.15, -0.1) is 24.8 Å². The van der Waals surface area contributed by atoms with Crippen molar-refractivity contribution in [1.29, 1.82) is 0 Å². The number of allylic oxidation sites excluding steroid dienone is 1. The summed E-state index contributed by atoms with van der Waals surface area (Å²) in [5.74, 6) is 0. The summed E-state index contributed by atoms with van der Waals surface area (Å²) in [5.41, 5.74) is 6.71. The number of aliphatic hydroxyl groups is 1. The molecule has 0 aromatic heterocycles. The molecule has 5 N–H and O–H groups in total. The predicted octanol–water partition coefficient (Wildman–Crippen LogP) is 0.560. The zero-order valence-electron chi connectivity index (χ0n) is 9.17. The van der Waals surface area contributed by atoms with Gasteiger partial charge in [-0.3, -0.25) is 4.99 Å². The molecule has 0 radical (unpaired) electrons. The standard InChI is InChI=1S/C8H12N4O2S.2ClH/c1-3-5(11-8(9)15)6(12-14)7(13)4(2)10-3;;/h7,13-14H,1-2H3,(H3,9,11,15);2*1H. The first-order valence-corrected chi connectivity index (χ1v) is 4.61. The molecule has 0 amide bonds. The summed E-state index contributed by atoms with van der Waals surface area (Å²) < 4.78 is 0. The number of oxime groups is 1. The molecule has 0 spiro atoms. The van der Waals surface area contributed by atoms with Crippen molar-refractivity contribution in [3.8, 4) is 0 Å². The largest absolute Gasteiger partial charge is 0.410 e. The summed E-state index contributed by atoms with van der Waals surface area (Å²) in [5, 5.41) is 24.1. The molecule has 1 rings (SSSR count). The summed E-state index contributed by atoms with van der Waals surface area (Å²) in [6.45, 7) is 3.33. The van der Waals surface area contributed by atoms with E-state index in [9.17, 15) is 5.11 Å². The third-order valence-electron chi connectivity index (χ3n) is 1.97. The van der Waals surface area contributed by atoms with Gasteiger partial charge in [-0.25, -0.2) is 0 Å². The molecule has 6 nitrogen and oxygen atoms in total. The van der Waals surface area contributed by atoms with E-state index in [1.165, 1.54) is 0 Å². The molecule has 1 heterocycles. The fraction of sp³-hybridized carbons (Fsp3) is 0.375. The average molecular weight is 301 g/mol. The summed E-state index contributed by atoms with van der Waals surface area (Å²) in [6, 6.07) is 0. The normalized spacial score (nSPS) is 21.2. The molecule has 98 valence electrons. The van der Waals surface area contributed by atoms with Gasteiger partial charge in [0.05, 0.1) is 17.1 Å². The SMILES string of the molecule is CC1=NC(C)=C(NC(N)=S)C(=NO)C1O.Cl.Cl. The van der Waals surface area contributed by atoms with E-state index >= 15 is 0 Å². The first-order chi connectivity index (χ1) is 6.97. The topological polar surface area (TPSA) is 103 Å². The van der Waals surface area contributed by atoms with E-state index < -0.39 is 6.10 Å². The molecule has 17 heavy (non-hydrogen) atoms. The highest BCUT2D eigenvalue weighted by molar-refractivity contribution is 7.80.